The summed E-state index contributed by atoms with van der Waals surface area (Å²) in [6, 6.07) is 7.97. The Labute approximate surface area is 110 Å². The number of fused-ring (bicyclic) bond motifs is 1. The molecule has 0 unspecified atom stereocenters. The molecule has 0 aliphatic carbocycles. The van der Waals surface area contributed by atoms with E-state index in [4.69, 9.17) is 0 Å². The molecular weight excluding hydrogens is 278 g/mol. The van der Waals surface area contributed by atoms with Crippen LogP contribution in [-0.4, -0.2) is 28.4 Å². The highest BCUT2D eigenvalue weighted by Gasteiger charge is 2.06. The Morgan fingerprint density at radius 3 is 2.71 bits per heavy atom. The van der Waals surface area contributed by atoms with E-state index in [0.29, 0.717) is 0 Å². The highest BCUT2D eigenvalue weighted by Crippen LogP contribution is 2.15. The van der Waals surface area contributed by atoms with E-state index in [-0.39, 0.29) is 0 Å². The number of nitrogens with zero attached hydrogens (tertiary/aromatic N) is 3. The number of hydrogen-bond donors (Lipinski definition) is 0. The van der Waals surface area contributed by atoms with Crippen molar-refractivity contribution in [1.29, 1.82) is 0 Å². The number of rotatable bonds is 5. The number of alkyl halides is 1. The second kappa shape index (κ2) is 5.96. The first-order valence-corrected chi connectivity index (χ1v) is 7.00. The van der Waals surface area contributed by atoms with Gasteiger partial charge in [-0.2, -0.15) is 0 Å². The van der Waals surface area contributed by atoms with E-state index >= 15 is 0 Å². The molecule has 0 saturated carbocycles. The molecule has 0 bridgehead atoms. The summed E-state index contributed by atoms with van der Waals surface area (Å²) in [4.78, 5) is 11.3. The molecule has 3 nitrogen and oxygen atoms in total. The van der Waals surface area contributed by atoms with Crippen molar-refractivity contribution in [2.24, 2.45) is 0 Å². The van der Waals surface area contributed by atoms with Gasteiger partial charge in [-0.1, -0.05) is 28.1 Å². The monoisotopic (exact) mass is 293 g/mol. The van der Waals surface area contributed by atoms with Crippen LogP contribution in [0, 0.1) is 0 Å². The lowest BCUT2D eigenvalue weighted by molar-refractivity contribution is 0.785. The lowest BCUT2D eigenvalue weighted by Crippen LogP contribution is -2.25. The molecule has 4 heteroatoms. The third-order valence-electron chi connectivity index (χ3n) is 2.70. The molecule has 0 radical (unpaired) electrons. The van der Waals surface area contributed by atoms with Gasteiger partial charge in [0, 0.05) is 18.4 Å². The minimum absolute atomic E-state index is 0.952. The van der Waals surface area contributed by atoms with E-state index in [1.807, 2.05) is 30.5 Å². The van der Waals surface area contributed by atoms with E-state index in [9.17, 15) is 0 Å². The molecule has 0 amide bonds. The SMILES string of the molecule is CCN(CCCBr)c1cnc2ccccc2n1. The minimum Gasteiger partial charge on any atom is -0.356 e. The fourth-order valence-electron chi connectivity index (χ4n) is 1.79. The molecule has 1 aromatic carbocycles. The van der Waals surface area contributed by atoms with Gasteiger partial charge >= 0.3 is 0 Å². The number of halogens is 1. The van der Waals surface area contributed by atoms with Gasteiger partial charge in [0.15, 0.2) is 0 Å². The van der Waals surface area contributed by atoms with Gasteiger partial charge in [0.25, 0.3) is 0 Å². The lowest BCUT2D eigenvalue weighted by atomic mass is 10.3. The van der Waals surface area contributed by atoms with Crippen LogP contribution in [0.4, 0.5) is 5.82 Å². The highest BCUT2D eigenvalue weighted by atomic mass is 79.9. The van der Waals surface area contributed by atoms with E-state index in [0.717, 1.165) is 41.7 Å². The van der Waals surface area contributed by atoms with Gasteiger partial charge in [-0.25, -0.2) is 4.98 Å². The topological polar surface area (TPSA) is 29.0 Å². The van der Waals surface area contributed by atoms with Crippen LogP contribution in [0.15, 0.2) is 30.5 Å². The quantitative estimate of drug-likeness (QED) is 0.793. The Morgan fingerprint density at radius 2 is 2.00 bits per heavy atom. The molecule has 0 fully saturated rings. The van der Waals surface area contributed by atoms with Gasteiger partial charge in [0.2, 0.25) is 0 Å². The number of benzene rings is 1. The van der Waals surface area contributed by atoms with Gasteiger partial charge < -0.3 is 4.90 Å². The fraction of sp³-hybridized carbons (Fsp3) is 0.385. The Morgan fingerprint density at radius 1 is 1.24 bits per heavy atom. The van der Waals surface area contributed by atoms with E-state index < -0.39 is 0 Å². The van der Waals surface area contributed by atoms with Gasteiger partial charge in [0.1, 0.15) is 5.82 Å². The molecular formula is C13H16BrN3. The summed E-state index contributed by atoms with van der Waals surface area (Å²) in [6.07, 6.45) is 2.97. The van der Waals surface area contributed by atoms with Crippen LogP contribution in [0.5, 0.6) is 0 Å². The predicted molar refractivity (Wildman–Crippen MR) is 75.8 cm³/mol. The van der Waals surface area contributed by atoms with Crippen LogP contribution in [0.3, 0.4) is 0 Å². The zero-order valence-electron chi connectivity index (χ0n) is 9.93. The van der Waals surface area contributed by atoms with Crippen molar-refractivity contribution >= 4 is 32.8 Å². The van der Waals surface area contributed by atoms with Crippen molar-refractivity contribution < 1.29 is 0 Å². The normalized spacial score (nSPS) is 10.7. The standard InChI is InChI=1S/C13H16BrN3/c1-2-17(9-5-8-14)13-10-15-11-6-3-4-7-12(11)16-13/h3-4,6-7,10H,2,5,8-9H2,1H3. The van der Waals surface area contributed by atoms with Gasteiger partial charge in [-0.3, -0.25) is 4.98 Å². The maximum Gasteiger partial charge on any atom is 0.147 e. The molecule has 1 aromatic heterocycles. The number of para-hydroxylation sites is 2. The maximum atomic E-state index is 4.65. The molecule has 17 heavy (non-hydrogen) atoms. The summed E-state index contributed by atoms with van der Waals surface area (Å²) in [5, 5.41) is 1.02. The van der Waals surface area contributed by atoms with Crippen LogP contribution in [0.25, 0.3) is 11.0 Å². The molecule has 0 saturated heterocycles. The predicted octanol–water partition coefficient (Wildman–Crippen LogP) is 3.24. The largest absolute Gasteiger partial charge is 0.356 e. The zero-order valence-corrected chi connectivity index (χ0v) is 11.5. The summed E-state index contributed by atoms with van der Waals surface area (Å²) >= 11 is 3.46. The molecule has 0 spiro atoms. The minimum atomic E-state index is 0.952. The molecule has 0 aliphatic rings. The molecule has 90 valence electrons. The number of anilines is 1. The molecule has 0 aliphatic heterocycles. The third-order valence-corrected chi connectivity index (χ3v) is 3.26. The van der Waals surface area contributed by atoms with Crippen molar-refractivity contribution in [2.45, 2.75) is 13.3 Å². The van der Waals surface area contributed by atoms with E-state index in [1.54, 1.807) is 0 Å². The second-order valence-electron chi connectivity index (χ2n) is 3.84. The Bertz CT molecular complexity index is 487. The summed E-state index contributed by atoms with van der Waals surface area (Å²) in [6.45, 7) is 4.11. The summed E-state index contributed by atoms with van der Waals surface area (Å²) in [5.41, 5.74) is 1.91. The van der Waals surface area contributed by atoms with Crippen LogP contribution < -0.4 is 4.90 Å². The van der Waals surface area contributed by atoms with Crippen LogP contribution in [0.2, 0.25) is 0 Å². The summed E-state index contributed by atoms with van der Waals surface area (Å²) in [7, 11) is 0. The summed E-state index contributed by atoms with van der Waals surface area (Å²) in [5.74, 6) is 0.965. The van der Waals surface area contributed by atoms with E-state index in [1.165, 1.54) is 0 Å². The molecule has 2 aromatic rings. The second-order valence-corrected chi connectivity index (χ2v) is 4.63. The van der Waals surface area contributed by atoms with Crippen LogP contribution in [-0.2, 0) is 0 Å². The van der Waals surface area contributed by atoms with Gasteiger partial charge in [0.05, 0.1) is 17.2 Å². The summed E-state index contributed by atoms with van der Waals surface area (Å²) < 4.78 is 0. The first-order valence-electron chi connectivity index (χ1n) is 5.88. The van der Waals surface area contributed by atoms with Crippen molar-refractivity contribution in [1.82, 2.24) is 9.97 Å². The van der Waals surface area contributed by atoms with Crippen molar-refractivity contribution in [3.8, 4) is 0 Å². The third kappa shape index (κ3) is 2.94. The number of aromatic nitrogens is 2. The Kier molecular flexibility index (Phi) is 4.31. The lowest BCUT2D eigenvalue weighted by Gasteiger charge is -2.21. The smallest absolute Gasteiger partial charge is 0.147 e. The van der Waals surface area contributed by atoms with Crippen LogP contribution >= 0.6 is 15.9 Å². The Balaban J connectivity index is 2.27. The highest BCUT2D eigenvalue weighted by molar-refractivity contribution is 9.09. The average Bonchev–Trinajstić information content (AvgIpc) is 2.39. The van der Waals surface area contributed by atoms with Crippen molar-refractivity contribution in [2.75, 3.05) is 23.3 Å². The fourth-order valence-corrected chi connectivity index (χ4v) is 2.04. The first-order chi connectivity index (χ1) is 8.35. The van der Waals surface area contributed by atoms with Gasteiger partial charge in [-0.15, -0.1) is 0 Å². The first kappa shape index (κ1) is 12.3. The number of hydrogen-bond acceptors (Lipinski definition) is 3. The molecule has 0 atom stereocenters. The van der Waals surface area contributed by atoms with Gasteiger partial charge in [-0.05, 0) is 25.5 Å². The van der Waals surface area contributed by atoms with E-state index in [2.05, 4.69) is 37.7 Å². The molecule has 1 heterocycles. The van der Waals surface area contributed by atoms with Crippen molar-refractivity contribution in [3.05, 3.63) is 30.5 Å². The molecule has 0 N–H and O–H groups in total. The van der Waals surface area contributed by atoms with Crippen molar-refractivity contribution in [3.63, 3.8) is 0 Å². The zero-order chi connectivity index (χ0) is 12.1. The average molecular weight is 294 g/mol. The maximum absolute atomic E-state index is 4.65. The Hall–Kier alpha value is -1.16. The molecule has 2 rings (SSSR count). The van der Waals surface area contributed by atoms with Crippen LogP contribution in [0.1, 0.15) is 13.3 Å².